The molecular formula is C14H19BrN2O. The summed E-state index contributed by atoms with van der Waals surface area (Å²) in [5.74, 6) is 0.213. The molecule has 0 saturated heterocycles. The first-order valence-corrected chi connectivity index (χ1v) is 7.09. The van der Waals surface area contributed by atoms with Crippen molar-refractivity contribution in [2.24, 2.45) is 11.7 Å². The van der Waals surface area contributed by atoms with Crippen molar-refractivity contribution in [3.63, 3.8) is 0 Å². The molecule has 1 unspecified atom stereocenters. The number of hydrogen-bond acceptors (Lipinski definition) is 2. The largest absolute Gasteiger partial charge is 0.368 e. The summed E-state index contributed by atoms with van der Waals surface area (Å²) in [6.07, 6.45) is 1.64. The summed E-state index contributed by atoms with van der Waals surface area (Å²) in [4.78, 5) is 11.9. The van der Waals surface area contributed by atoms with Crippen LogP contribution in [0.5, 0.6) is 0 Å². The second-order valence-electron chi connectivity index (χ2n) is 5.35. The maximum absolute atomic E-state index is 11.9. The lowest BCUT2D eigenvalue weighted by atomic mass is 9.90. The highest BCUT2D eigenvalue weighted by molar-refractivity contribution is 9.10. The molecule has 0 aliphatic heterocycles. The smallest absolute Gasteiger partial charge is 0.242 e. The van der Waals surface area contributed by atoms with E-state index < -0.39 is 5.54 Å². The lowest BCUT2D eigenvalue weighted by Crippen LogP contribution is -2.52. The van der Waals surface area contributed by atoms with E-state index in [1.807, 2.05) is 12.1 Å². The van der Waals surface area contributed by atoms with Gasteiger partial charge >= 0.3 is 0 Å². The maximum atomic E-state index is 11.9. The molecule has 2 rings (SSSR count). The van der Waals surface area contributed by atoms with Gasteiger partial charge in [0.1, 0.15) is 5.54 Å². The van der Waals surface area contributed by atoms with E-state index >= 15 is 0 Å². The van der Waals surface area contributed by atoms with E-state index in [1.54, 1.807) is 0 Å². The van der Waals surface area contributed by atoms with Crippen LogP contribution < -0.4 is 11.1 Å². The number of rotatable bonds is 4. The number of amides is 1. The van der Waals surface area contributed by atoms with Gasteiger partial charge in [-0.2, -0.15) is 0 Å². The minimum Gasteiger partial charge on any atom is -0.368 e. The first-order valence-electron chi connectivity index (χ1n) is 6.29. The van der Waals surface area contributed by atoms with E-state index in [0.29, 0.717) is 5.92 Å². The van der Waals surface area contributed by atoms with E-state index in [4.69, 9.17) is 5.73 Å². The Morgan fingerprint density at radius 1 is 1.56 bits per heavy atom. The predicted octanol–water partition coefficient (Wildman–Crippen LogP) is 2.32. The second-order valence-corrected chi connectivity index (χ2v) is 6.26. The van der Waals surface area contributed by atoms with Crippen LogP contribution in [-0.4, -0.2) is 12.5 Å². The highest BCUT2D eigenvalue weighted by Crippen LogP contribution is 2.38. The van der Waals surface area contributed by atoms with Gasteiger partial charge in [-0.3, -0.25) is 10.1 Å². The first-order chi connectivity index (χ1) is 8.45. The molecule has 1 amide bonds. The highest BCUT2D eigenvalue weighted by atomic mass is 79.9. The molecule has 3 N–H and O–H groups in total. The molecule has 1 aromatic carbocycles. The van der Waals surface area contributed by atoms with Crippen molar-refractivity contribution < 1.29 is 4.79 Å². The molecule has 0 bridgehead atoms. The Labute approximate surface area is 116 Å². The van der Waals surface area contributed by atoms with Gasteiger partial charge < -0.3 is 5.73 Å². The minimum atomic E-state index is -0.680. The van der Waals surface area contributed by atoms with Crippen molar-refractivity contribution in [2.45, 2.75) is 32.2 Å². The predicted molar refractivity (Wildman–Crippen MR) is 76.2 cm³/mol. The molecule has 4 heteroatoms. The molecule has 0 spiro atoms. The van der Waals surface area contributed by atoms with Crippen molar-refractivity contribution in [3.8, 4) is 0 Å². The number of nitrogens with one attached hydrogen (secondary N) is 1. The van der Waals surface area contributed by atoms with Crippen molar-refractivity contribution in [3.05, 3.63) is 33.8 Å². The molecule has 0 radical (unpaired) electrons. The Kier molecular flexibility index (Phi) is 3.78. The Morgan fingerprint density at radius 3 is 2.89 bits per heavy atom. The standard InChI is InChI=1S/C14H19BrN2O/c1-9(2)8-17-14(13(16)18)6-5-10-7-11(15)3-4-12(10)14/h3-4,7,9,17H,5-6,8H2,1-2H3,(H2,16,18). The highest BCUT2D eigenvalue weighted by Gasteiger charge is 2.43. The molecule has 1 atom stereocenters. The number of aryl methyl sites for hydroxylation is 1. The lowest BCUT2D eigenvalue weighted by Gasteiger charge is -2.29. The average Bonchev–Trinajstić information content (AvgIpc) is 2.65. The van der Waals surface area contributed by atoms with Crippen LogP contribution in [0.3, 0.4) is 0 Å². The molecule has 1 aliphatic rings. The summed E-state index contributed by atoms with van der Waals surface area (Å²) >= 11 is 3.47. The van der Waals surface area contributed by atoms with Crippen molar-refractivity contribution in [1.29, 1.82) is 0 Å². The van der Waals surface area contributed by atoms with Gasteiger partial charge in [0.2, 0.25) is 5.91 Å². The SMILES string of the molecule is CC(C)CNC1(C(N)=O)CCc2cc(Br)ccc21. The molecule has 98 valence electrons. The molecule has 0 heterocycles. The Balaban J connectivity index is 2.37. The fourth-order valence-corrected chi connectivity index (χ4v) is 2.96. The third kappa shape index (κ3) is 2.31. The third-order valence-electron chi connectivity index (χ3n) is 3.53. The molecule has 1 aliphatic carbocycles. The van der Waals surface area contributed by atoms with Crippen LogP contribution in [-0.2, 0) is 16.8 Å². The monoisotopic (exact) mass is 310 g/mol. The maximum Gasteiger partial charge on any atom is 0.242 e. The summed E-state index contributed by atoms with van der Waals surface area (Å²) in [6, 6.07) is 6.06. The van der Waals surface area contributed by atoms with Gasteiger partial charge in [-0.1, -0.05) is 35.8 Å². The topological polar surface area (TPSA) is 55.1 Å². The Morgan fingerprint density at radius 2 is 2.28 bits per heavy atom. The summed E-state index contributed by atoms with van der Waals surface area (Å²) in [6.45, 7) is 5.04. The molecule has 0 aromatic heterocycles. The number of nitrogens with two attached hydrogens (primary N) is 1. The number of carbonyl (C=O) groups is 1. The normalized spacial score (nSPS) is 22.2. The number of carbonyl (C=O) groups excluding carboxylic acids is 1. The van der Waals surface area contributed by atoms with Crippen molar-refractivity contribution in [1.82, 2.24) is 5.32 Å². The van der Waals surface area contributed by atoms with Crippen LogP contribution in [0.1, 0.15) is 31.4 Å². The quantitative estimate of drug-likeness (QED) is 0.896. The number of halogens is 1. The van der Waals surface area contributed by atoms with E-state index in [-0.39, 0.29) is 5.91 Å². The molecule has 0 saturated carbocycles. The van der Waals surface area contributed by atoms with Crippen molar-refractivity contribution in [2.75, 3.05) is 6.54 Å². The molecule has 0 fully saturated rings. The van der Waals surface area contributed by atoms with Gasteiger partial charge in [-0.15, -0.1) is 0 Å². The van der Waals surface area contributed by atoms with Crippen LogP contribution >= 0.6 is 15.9 Å². The van der Waals surface area contributed by atoms with Gasteiger partial charge in [0.05, 0.1) is 0 Å². The van der Waals surface area contributed by atoms with Crippen LogP contribution in [0.4, 0.5) is 0 Å². The molecular weight excluding hydrogens is 292 g/mol. The summed E-state index contributed by atoms with van der Waals surface area (Å²) < 4.78 is 1.05. The van der Waals surface area contributed by atoms with E-state index in [1.165, 1.54) is 5.56 Å². The van der Waals surface area contributed by atoms with E-state index in [9.17, 15) is 4.79 Å². The van der Waals surface area contributed by atoms with Gasteiger partial charge in [0.15, 0.2) is 0 Å². The number of fused-ring (bicyclic) bond motifs is 1. The fourth-order valence-electron chi connectivity index (χ4n) is 2.55. The van der Waals surface area contributed by atoms with Gasteiger partial charge in [0.25, 0.3) is 0 Å². The molecule has 18 heavy (non-hydrogen) atoms. The Bertz CT molecular complexity index is 473. The zero-order valence-corrected chi connectivity index (χ0v) is 12.4. The zero-order chi connectivity index (χ0) is 13.3. The van der Waals surface area contributed by atoms with Gasteiger partial charge in [-0.25, -0.2) is 0 Å². The van der Waals surface area contributed by atoms with E-state index in [2.05, 4.69) is 41.2 Å². The summed E-state index contributed by atoms with van der Waals surface area (Å²) in [5, 5.41) is 3.38. The van der Waals surface area contributed by atoms with Crippen LogP contribution in [0.15, 0.2) is 22.7 Å². The Hall–Kier alpha value is -0.870. The second kappa shape index (κ2) is 5.02. The summed E-state index contributed by atoms with van der Waals surface area (Å²) in [7, 11) is 0. The minimum absolute atomic E-state index is 0.274. The summed E-state index contributed by atoms with van der Waals surface area (Å²) in [5.41, 5.74) is 7.23. The average molecular weight is 311 g/mol. The van der Waals surface area contributed by atoms with Crippen LogP contribution in [0.2, 0.25) is 0 Å². The lowest BCUT2D eigenvalue weighted by molar-refractivity contribution is -0.124. The van der Waals surface area contributed by atoms with Gasteiger partial charge in [0, 0.05) is 4.47 Å². The van der Waals surface area contributed by atoms with Crippen LogP contribution in [0.25, 0.3) is 0 Å². The number of primary amides is 1. The van der Waals surface area contributed by atoms with E-state index in [0.717, 1.165) is 29.4 Å². The number of hydrogen-bond donors (Lipinski definition) is 2. The first kappa shape index (κ1) is 13.6. The van der Waals surface area contributed by atoms with Gasteiger partial charge in [-0.05, 0) is 48.6 Å². The third-order valence-corrected chi connectivity index (χ3v) is 4.02. The zero-order valence-electron chi connectivity index (χ0n) is 10.8. The fraction of sp³-hybridized carbons (Fsp3) is 0.500. The number of benzene rings is 1. The van der Waals surface area contributed by atoms with Crippen LogP contribution in [0, 0.1) is 5.92 Å². The molecule has 1 aromatic rings. The van der Waals surface area contributed by atoms with Crippen molar-refractivity contribution >= 4 is 21.8 Å². The molecule has 3 nitrogen and oxygen atoms in total.